The van der Waals surface area contributed by atoms with Gasteiger partial charge in [0.15, 0.2) is 0 Å². The topological polar surface area (TPSA) is 25.2 Å². The van der Waals surface area contributed by atoms with E-state index in [1.165, 1.54) is 22.1 Å². The van der Waals surface area contributed by atoms with E-state index in [0.717, 1.165) is 25.1 Å². The summed E-state index contributed by atoms with van der Waals surface area (Å²) >= 11 is 0. The van der Waals surface area contributed by atoms with Crippen LogP contribution in [0.5, 0.6) is 0 Å². The molecule has 0 fully saturated rings. The molecule has 0 saturated carbocycles. The molecule has 20 heavy (non-hydrogen) atoms. The molecule has 0 bridgehead atoms. The lowest BCUT2D eigenvalue weighted by Crippen LogP contribution is -2.13. The number of furan rings is 1. The highest BCUT2D eigenvalue weighted by Gasteiger charge is 2.07. The van der Waals surface area contributed by atoms with Gasteiger partial charge in [0.2, 0.25) is 0 Å². The summed E-state index contributed by atoms with van der Waals surface area (Å²) in [6, 6.07) is 16.8. The molecule has 2 heteroatoms. The van der Waals surface area contributed by atoms with Crippen LogP contribution in [0.4, 0.5) is 0 Å². The number of hydrogen-bond donors (Lipinski definition) is 1. The zero-order chi connectivity index (χ0) is 13.8. The fraction of sp³-hybridized carbons (Fsp3) is 0.222. The van der Waals surface area contributed by atoms with Crippen molar-refractivity contribution in [2.45, 2.75) is 19.9 Å². The Bertz CT molecular complexity index is 685. The van der Waals surface area contributed by atoms with Crippen molar-refractivity contribution in [3.05, 3.63) is 60.4 Å². The van der Waals surface area contributed by atoms with Gasteiger partial charge in [-0.1, -0.05) is 43.3 Å². The Balaban J connectivity index is 1.95. The van der Waals surface area contributed by atoms with Gasteiger partial charge in [-0.25, -0.2) is 0 Å². The third-order valence-electron chi connectivity index (χ3n) is 3.50. The number of rotatable bonds is 5. The first-order chi connectivity index (χ1) is 9.88. The SMILES string of the molecule is CCCNCc1coc2ccc(-c3ccccc3)cc12. The van der Waals surface area contributed by atoms with Crippen LogP contribution in [0, 0.1) is 0 Å². The molecule has 0 amide bonds. The lowest BCUT2D eigenvalue weighted by Gasteiger charge is -2.03. The second-order valence-corrected chi connectivity index (χ2v) is 5.01. The summed E-state index contributed by atoms with van der Waals surface area (Å²) in [7, 11) is 0. The normalized spacial score (nSPS) is 11.1. The van der Waals surface area contributed by atoms with Crippen molar-refractivity contribution in [2.24, 2.45) is 0 Å². The molecule has 0 unspecified atom stereocenters. The zero-order valence-electron chi connectivity index (χ0n) is 11.7. The second kappa shape index (κ2) is 5.93. The van der Waals surface area contributed by atoms with E-state index in [-0.39, 0.29) is 0 Å². The van der Waals surface area contributed by atoms with Crippen LogP contribution in [0.1, 0.15) is 18.9 Å². The van der Waals surface area contributed by atoms with Crippen molar-refractivity contribution in [3.63, 3.8) is 0 Å². The molecule has 0 radical (unpaired) electrons. The Morgan fingerprint density at radius 3 is 2.65 bits per heavy atom. The molecule has 3 aromatic rings. The van der Waals surface area contributed by atoms with E-state index in [4.69, 9.17) is 4.42 Å². The van der Waals surface area contributed by atoms with E-state index >= 15 is 0 Å². The van der Waals surface area contributed by atoms with E-state index in [0.29, 0.717) is 0 Å². The molecule has 0 aliphatic carbocycles. The lowest BCUT2D eigenvalue weighted by atomic mass is 10.0. The van der Waals surface area contributed by atoms with E-state index in [2.05, 4.69) is 54.7 Å². The molecule has 2 nitrogen and oxygen atoms in total. The number of benzene rings is 2. The third kappa shape index (κ3) is 2.61. The molecular weight excluding hydrogens is 246 g/mol. The largest absolute Gasteiger partial charge is 0.464 e. The van der Waals surface area contributed by atoms with Crippen molar-refractivity contribution in [1.29, 1.82) is 0 Å². The van der Waals surface area contributed by atoms with Gasteiger partial charge in [-0.15, -0.1) is 0 Å². The lowest BCUT2D eigenvalue weighted by molar-refractivity contribution is 0.601. The van der Waals surface area contributed by atoms with Gasteiger partial charge in [-0.3, -0.25) is 0 Å². The second-order valence-electron chi connectivity index (χ2n) is 5.01. The van der Waals surface area contributed by atoms with Gasteiger partial charge >= 0.3 is 0 Å². The number of nitrogens with one attached hydrogen (secondary N) is 1. The number of hydrogen-bond acceptors (Lipinski definition) is 2. The quantitative estimate of drug-likeness (QED) is 0.682. The molecule has 1 aromatic heterocycles. The third-order valence-corrected chi connectivity index (χ3v) is 3.50. The molecule has 0 aliphatic rings. The molecule has 102 valence electrons. The fourth-order valence-electron chi connectivity index (χ4n) is 2.43. The van der Waals surface area contributed by atoms with Crippen molar-refractivity contribution in [1.82, 2.24) is 5.32 Å². The monoisotopic (exact) mass is 265 g/mol. The average molecular weight is 265 g/mol. The Morgan fingerprint density at radius 1 is 1.00 bits per heavy atom. The van der Waals surface area contributed by atoms with Crippen LogP contribution in [-0.4, -0.2) is 6.54 Å². The van der Waals surface area contributed by atoms with Crippen LogP contribution >= 0.6 is 0 Å². The highest BCUT2D eigenvalue weighted by Crippen LogP contribution is 2.27. The maximum Gasteiger partial charge on any atom is 0.134 e. The van der Waals surface area contributed by atoms with E-state index in [9.17, 15) is 0 Å². The Kier molecular flexibility index (Phi) is 3.84. The summed E-state index contributed by atoms with van der Waals surface area (Å²) < 4.78 is 5.63. The van der Waals surface area contributed by atoms with Gasteiger partial charge in [-0.2, -0.15) is 0 Å². The molecule has 1 heterocycles. The highest BCUT2D eigenvalue weighted by molar-refractivity contribution is 5.86. The molecule has 0 spiro atoms. The zero-order valence-corrected chi connectivity index (χ0v) is 11.7. The van der Waals surface area contributed by atoms with Gasteiger partial charge in [-0.05, 0) is 36.2 Å². The van der Waals surface area contributed by atoms with Crippen molar-refractivity contribution >= 4 is 11.0 Å². The molecule has 0 saturated heterocycles. The van der Waals surface area contributed by atoms with Crippen LogP contribution in [0.2, 0.25) is 0 Å². The summed E-state index contributed by atoms with van der Waals surface area (Å²) in [5.74, 6) is 0. The molecule has 3 rings (SSSR count). The molecule has 0 aliphatic heterocycles. The van der Waals surface area contributed by atoms with Crippen LogP contribution in [-0.2, 0) is 6.54 Å². The van der Waals surface area contributed by atoms with Crippen LogP contribution in [0.15, 0.2) is 59.2 Å². The average Bonchev–Trinajstić information content (AvgIpc) is 2.91. The Morgan fingerprint density at radius 2 is 1.85 bits per heavy atom. The van der Waals surface area contributed by atoms with Crippen LogP contribution in [0.3, 0.4) is 0 Å². The van der Waals surface area contributed by atoms with E-state index in [1.807, 2.05) is 12.3 Å². The first kappa shape index (κ1) is 12.9. The summed E-state index contributed by atoms with van der Waals surface area (Å²) in [5.41, 5.74) is 4.66. The van der Waals surface area contributed by atoms with Gasteiger partial charge in [0.25, 0.3) is 0 Å². The predicted molar refractivity (Wildman–Crippen MR) is 83.6 cm³/mol. The predicted octanol–water partition coefficient (Wildman–Crippen LogP) is 4.60. The number of fused-ring (bicyclic) bond motifs is 1. The maximum atomic E-state index is 5.63. The first-order valence-electron chi connectivity index (χ1n) is 7.14. The van der Waals surface area contributed by atoms with Gasteiger partial charge in [0.1, 0.15) is 5.58 Å². The Labute approximate surface area is 119 Å². The minimum absolute atomic E-state index is 0.860. The van der Waals surface area contributed by atoms with Crippen molar-refractivity contribution < 1.29 is 4.42 Å². The summed E-state index contributed by atoms with van der Waals surface area (Å²) in [4.78, 5) is 0. The van der Waals surface area contributed by atoms with Gasteiger partial charge in [0, 0.05) is 17.5 Å². The van der Waals surface area contributed by atoms with E-state index < -0.39 is 0 Å². The summed E-state index contributed by atoms with van der Waals surface area (Å²) in [6.07, 6.45) is 3.01. The van der Waals surface area contributed by atoms with Crippen molar-refractivity contribution in [3.8, 4) is 11.1 Å². The molecule has 1 N–H and O–H groups in total. The standard InChI is InChI=1S/C18H19NO/c1-2-10-19-12-16-13-20-18-9-8-15(11-17(16)18)14-6-4-3-5-7-14/h3-9,11,13,19H,2,10,12H2,1H3. The van der Waals surface area contributed by atoms with Gasteiger partial charge < -0.3 is 9.73 Å². The highest BCUT2D eigenvalue weighted by atomic mass is 16.3. The summed E-state index contributed by atoms with van der Waals surface area (Å²) in [5, 5.41) is 4.63. The molecule has 2 aromatic carbocycles. The van der Waals surface area contributed by atoms with Gasteiger partial charge in [0.05, 0.1) is 6.26 Å². The van der Waals surface area contributed by atoms with Crippen LogP contribution in [0.25, 0.3) is 22.1 Å². The minimum atomic E-state index is 0.860. The van der Waals surface area contributed by atoms with E-state index in [1.54, 1.807) is 0 Å². The first-order valence-corrected chi connectivity index (χ1v) is 7.14. The maximum absolute atomic E-state index is 5.63. The summed E-state index contributed by atoms with van der Waals surface area (Å²) in [6.45, 7) is 4.07. The minimum Gasteiger partial charge on any atom is -0.464 e. The van der Waals surface area contributed by atoms with Crippen molar-refractivity contribution in [2.75, 3.05) is 6.54 Å². The molecular formula is C18H19NO. The van der Waals surface area contributed by atoms with Crippen LogP contribution < -0.4 is 5.32 Å². The molecule has 0 atom stereocenters. The Hall–Kier alpha value is -2.06. The fourth-order valence-corrected chi connectivity index (χ4v) is 2.43. The smallest absolute Gasteiger partial charge is 0.134 e.